The summed E-state index contributed by atoms with van der Waals surface area (Å²) < 4.78 is 0. The zero-order chi connectivity index (χ0) is 11.3. The van der Waals surface area contributed by atoms with E-state index in [0.717, 1.165) is 25.8 Å². The smallest absolute Gasteiger partial charge is 0.239 e. The lowest BCUT2D eigenvalue weighted by Gasteiger charge is -2.15. The Morgan fingerprint density at radius 3 is 2.87 bits per heavy atom. The van der Waals surface area contributed by atoms with Gasteiger partial charge >= 0.3 is 0 Å². The van der Waals surface area contributed by atoms with Crippen LogP contribution in [-0.2, 0) is 9.59 Å². The number of unbranched alkanes of at least 4 members (excludes halogenated alkanes) is 1. The highest BCUT2D eigenvalue weighted by Crippen LogP contribution is 2.16. The van der Waals surface area contributed by atoms with Crippen LogP contribution in [0.2, 0.25) is 0 Å². The topological polar surface area (TPSA) is 49.4 Å². The first-order chi connectivity index (χ1) is 7.15. The van der Waals surface area contributed by atoms with Gasteiger partial charge in [-0.05, 0) is 12.8 Å². The minimum Gasteiger partial charge on any atom is -0.355 e. The molecule has 0 saturated carbocycles. The predicted octanol–water partition coefficient (Wildman–Crippen LogP) is 0.771. The molecule has 0 bridgehead atoms. The molecule has 1 fully saturated rings. The Hall–Kier alpha value is -1.06. The van der Waals surface area contributed by atoms with E-state index in [9.17, 15) is 9.59 Å². The van der Waals surface area contributed by atoms with Gasteiger partial charge in [-0.25, -0.2) is 0 Å². The first-order valence-corrected chi connectivity index (χ1v) is 5.70. The summed E-state index contributed by atoms with van der Waals surface area (Å²) in [6, 6.07) is 0. The van der Waals surface area contributed by atoms with Gasteiger partial charge in [0, 0.05) is 19.0 Å². The molecule has 0 aliphatic carbocycles. The molecule has 1 N–H and O–H groups in total. The molecule has 0 aromatic rings. The van der Waals surface area contributed by atoms with E-state index in [2.05, 4.69) is 12.2 Å². The minimum atomic E-state index is -0.0362. The second-order valence-corrected chi connectivity index (χ2v) is 4.15. The van der Waals surface area contributed by atoms with E-state index in [0.29, 0.717) is 6.54 Å². The second-order valence-electron chi connectivity index (χ2n) is 4.15. The summed E-state index contributed by atoms with van der Waals surface area (Å²) >= 11 is 0. The molecule has 4 nitrogen and oxygen atoms in total. The predicted molar refractivity (Wildman–Crippen MR) is 58.3 cm³/mol. The Morgan fingerprint density at radius 2 is 2.33 bits per heavy atom. The third-order valence-corrected chi connectivity index (χ3v) is 2.75. The van der Waals surface area contributed by atoms with Gasteiger partial charge < -0.3 is 10.2 Å². The van der Waals surface area contributed by atoms with Crippen LogP contribution in [0, 0.1) is 5.92 Å². The Labute approximate surface area is 91.0 Å². The Kier molecular flexibility index (Phi) is 4.59. The summed E-state index contributed by atoms with van der Waals surface area (Å²) in [5.41, 5.74) is 0. The largest absolute Gasteiger partial charge is 0.355 e. The van der Waals surface area contributed by atoms with Crippen LogP contribution in [0.25, 0.3) is 0 Å². The van der Waals surface area contributed by atoms with Gasteiger partial charge in [0.15, 0.2) is 0 Å². The SMILES string of the molecule is CCCCNC(=O)CN1CCC(C)C1=O. The number of nitrogens with zero attached hydrogens (tertiary/aromatic N) is 1. The number of nitrogens with one attached hydrogen (secondary N) is 1. The number of hydrogen-bond acceptors (Lipinski definition) is 2. The van der Waals surface area contributed by atoms with Crippen LogP contribution in [-0.4, -0.2) is 36.3 Å². The average molecular weight is 212 g/mol. The first-order valence-electron chi connectivity index (χ1n) is 5.70. The van der Waals surface area contributed by atoms with Crippen molar-refractivity contribution < 1.29 is 9.59 Å². The summed E-state index contributed by atoms with van der Waals surface area (Å²) in [7, 11) is 0. The van der Waals surface area contributed by atoms with Crippen LogP contribution >= 0.6 is 0 Å². The van der Waals surface area contributed by atoms with Crippen LogP contribution in [0.3, 0.4) is 0 Å². The highest BCUT2D eigenvalue weighted by molar-refractivity contribution is 5.86. The molecule has 1 atom stereocenters. The summed E-state index contributed by atoms with van der Waals surface area (Å²) in [4.78, 5) is 24.6. The molecule has 0 aromatic heterocycles. The van der Waals surface area contributed by atoms with E-state index < -0.39 is 0 Å². The van der Waals surface area contributed by atoms with Gasteiger partial charge in [-0.1, -0.05) is 20.3 Å². The number of amides is 2. The molecule has 15 heavy (non-hydrogen) atoms. The van der Waals surface area contributed by atoms with Crippen molar-refractivity contribution in [1.29, 1.82) is 0 Å². The van der Waals surface area contributed by atoms with Crippen LogP contribution in [0.1, 0.15) is 33.1 Å². The zero-order valence-electron chi connectivity index (χ0n) is 9.58. The molecule has 1 saturated heterocycles. The van der Waals surface area contributed by atoms with Gasteiger partial charge in [0.1, 0.15) is 0 Å². The molecule has 1 unspecified atom stereocenters. The summed E-state index contributed by atoms with van der Waals surface area (Å²) in [6.45, 7) is 5.66. The van der Waals surface area contributed by atoms with Crippen molar-refractivity contribution in [2.24, 2.45) is 5.92 Å². The van der Waals surface area contributed by atoms with Gasteiger partial charge in [0.05, 0.1) is 6.54 Å². The number of carbonyl (C=O) groups is 2. The van der Waals surface area contributed by atoms with Crippen LogP contribution < -0.4 is 5.32 Å². The summed E-state index contributed by atoms with van der Waals surface area (Å²) in [6.07, 6.45) is 2.94. The second kappa shape index (κ2) is 5.73. The van der Waals surface area contributed by atoms with Crippen molar-refractivity contribution in [2.75, 3.05) is 19.6 Å². The molecule has 0 aromatic carbocycles. The molecule has 86 valence electrons. The van der Waals surface area contributed by atoms with Gasteiger partial charge in [-0.3, -0.25) is 9.59 Å². The molecule has 1 heterocycles. The average Bonchev–Trinajstić information content (AvgIpc) is 2.50. The minimum absolute atomic E-state index is 0.0362. The molecule has 1 rings (SSSR count). The van der Waals surface area contributed by atoms with Gasteiger partial charge in [-0.15, -0.1) is 0 Å². The number of carbonyl (C=O) groups excluding carboxylic acids is 2. The molecule has 4 heteroatoms. The zero-order valence-corrected chi connectivity index (χ0v) is 9.58. The molecular weight excluding hydrogens is 192 g/mol. The number of rotatable bonds is 5. The lowest BCUT2D eigenvalue weighted by Crippen LogP contribution is -2.38. The first kappa shape index (κ1) is 12.0. The van der Waals surface area contributed by atoms with Gasteiger partial charge in [-0.2, -0.15) is 0 Å². The monoisotopic (exact) mass is 212 g/mol. The van der Waals surface area contributed by atoms with Crippen molar-refractivity contribution in [1.82, 2.24) is 10.2 Å². The fraction of sp³-hybridized carbons (Fsp3) is 0.818. The van der Waals surface area contributed by atoms with E-state index in [1.165, 1.54) is 0 Å². The Morgan fingerprint density at radius 1 is 1.60 bits per heavy atom. The fourth-order valence-electron chi connectivity index (χ4n) is 1.69. The highest BCUT2D eigenvalue weighted by Gasteiger charge is 2.28. The Balaban J connectivity index is 2.23. The molecule has 1 aliphatic rings. The summed E-state index contributed by atoms with van der Waals surface area (Å²) in [5.74, 6) is 0.167. The molecular formula is C11H20N2O2. The van der Waals surface area contributed by atoms with Crippen molar-refractivity contribution in [3.8, 4) is 0 Å². The maximum absolute atomic E-state index is 11.5. The standard InChI is InChI=1S/C11H20N2O2/c1-3-4-6-12-10(14)8-13-7-5-9(2)11(13)15/h9H,3-8H2,1-2H3,(H,12,14). The highest BCUT2D eigenvalue weighted by atomic mass is 16.2. The van der Waals surface area contributed by atoms with Gasteiger partial charge in [0.2, 0.25) is 11.8 Å². The van der Waals surface area contributed by atoms with Crippen LogP contribution in [0.4, 0.5) is 0 Å². The quantitative estimate of drug-likeness (QED) is 0.684. The van der Waals surface area contributed by atoms with Crippen LogP contribution in [0.5, 0.6) is 0 Å². The molecule has 0 radical (unpaired) electrons. The maximum atomic E-state index is 11.5. The lowest BCUT2D eigenvalue weighted by molar-refractivity contribution is -0.135. The lowest BCUT2D eigenvalue weighted by atomic mass is 10.1. The third-order valence-electron chi connectivity index (χ3n) is 2.75. The van der Waals surface area contributed by atoms with Gasteiger partial charge in [0.25, 0.3) is 0 Å². The third kappa shape index (κ3) is 3.53. The summed E-state index contributed by atoms with van der Waals surface area (Å²) in [5, 5.41) is 2.81. The molecule has 1 aliphatic heterocycles. The van der Waals surface area contributed by atoms with E-state index in [4.69, 9.17) is 0 Å². The maximum Gasteiger partial charge on any atom is 0.239 e. The van der Waals surface area contributed by atoms with E-state index in [1.807, 2.05) is 6.92 Å². The van der Waals surface area contributed by atoms with Crippen molar-refractivity contribution in [2.45, 2.75) is 33.1 Å². The van der Waals surface area contributed by atoms with E-state index in [-0.39, 0.29) is 24.3 Å². The fourth-order valence-corrected chi connectivity index (χ4v) is 1.69. The Bertz CT molecular complexity index is 241. The van der Waals surface area contributed by atoms with E-state index >= 15 is 0 Å². The normalized spacial score (nSPS) is 20.8. The van der Waals surface area contributed by atoms with Crippen molar-refractivity contribution >= 4 is 11.8 Å². The molecule has 0 spiro atoms. The molecule has 2 amide bonds. The van der Waals surface area contributed by atoms with Crippen LogP contribution in [0.15, 0.2) is 0 Å². The number of likely N-dealkylation sites (tertiary alicyclic amines) is 1. The van der Waals surface area contributed by atoms with E-state index in [1.54, 1.807) is 4.90 Å². The number of hydrogen-bond donors (Lipinski definition) is 1. The van der Waals surface area contributed by atoms with Crippen molar-refractivity contribution in [3.63, 3.8) is 0 Å². The van der Waals surface area contributed by atoms with Crippen molar-refractivity contribution in [3.05, 3.63) is 0 Å².